The number of benzene rings is 2. The smallest absolute Gasteiger partial charge is 0.336 e. The molecule has 3 N–H and O–H groups in total. The third kappa shape index (κ3) is 2.35. The van der Waals surface area contributed by atoms with Crippen molar-refractivity contribution in [3.05, 3.63) is 53.1 Å². The molecule has 0 saturated carbocycles. The van der Waals surface area contributed by atoms with Crippen LogP contribution in [0.2, 0.25) is 0 Å². The van der Waals surface area contributed by atoms with Crippen LogP contribution in [0.3, 0.4) is 0 Å². The minimum atomic E-state index is -1.30. The number of carboxylic acids is 1. The summed E-state index contributed by atoms with van der Waals surface area (Å²) in [5, 5.41) is 28.1. The van der Waals surface area contributed by atoms with Crippen LogP contribution >= 0.6 is 0 Å². The van der Waals surface area contributed by atoms with Crippen molar-refractivity contribution < 1.29 is 29.6 Å². The van der Waals surface area contributed by atoms with E-state index in [0.29, 0.717) is 5.56 Å². The van der Waals surface area contributed by atoms with Crippen molar-refractivity contribution in [2.45, 2.75) is 12.5 Å². The lowest BCUT2D eigenvalue weighted by Crippen LogP contribution is -2.22. The van der Waals surface area contributed by atoms with Crippen molar-refractivity contribution in [1.82, 2.24) is 0 Å². The molecule has 0 aliphatic carbocycles. The molecule has 0 spiro atoms. The van der Waals surface area contributed by atoms with E-state index in [-0.39, 0.29) is 40.6 Å². The van der Waals surface area contributed by atoms with E-state index in [1.165, 1.54) is 18.2 Å². The van der Waals surface area contributed by atoms with Gasteiger partial charge in [-0.25, -0.2) is 4.79 Å². The second-order valence-corrected chi connectivity index (χ2v) is 5.00. The minimum absolute atomic E-state index is 0.0111. The average molecular weight is 300 g/mol. The van der Waals surface area contributed by atoms with Crippen LogP contribution in [-0.2, 0) is 0 Å². The van der Waals surface area contributed by atoms with Crippen LogP contribution in [0.5, 0.6) is 17.2 Å². The largest absolute Gasteiger partial charge is 0.508 e. The van der Waals surface area contributed by atoms with Crippen LogP contribution < -0.4 is 4.74 Å². The molecule has 6 nitrogen and oxygen atoms in total. The molecular formula is C16H12O6. The van der Waals surface area contributed by atoms with Gasteiger partial charge in [0.15, 0.2) is 5.78 Å². The minimum Gasteiger partial charge on any atom is -0.508 e. The predicted molar refractivity (Wildman–Crippen MR) is 75.5 cm³/mol. The van der Waals surface area contributed by atoms with Crippen LogP contribution in [0.4, 0.5) is 0 Å². The van der Waals surface area contributed by atoms with E-state index in [1.54, 1.807) is 12.1 Å². The molecule has 0 aromatic heterocycles. The molecule has 112 valence electrons. The molecule has 1 aliphatic heterocycles. The van der Waals surface area contributed by atoms with Gasteiger partial charge in [0.25, 0.3) is 0 Å². The molecule has 1 atom stereocenters. The number of carboxylic acid groups (broad SMARTS) is 1. The molecule has 3 rings (SSSR count). The Morgan fingerprint density at radius 3 is 2.41 bits per heavy atom. The van der Waals surface area contributed by atoms with Crippen LogP contribution in [0, 0.1) is 0 Å². The number of fused-ring (bicyclic) bond motifs is 1. The highest BCUT2D eigenvalue weighted by molar-refractivity contribution is 6.09. The maximum Gasteiger partial charge on any atom is 0.336 e. The van der Waals surface area contributed by atoms with Gasteiger partial charge >= 0.3 is 5.97 Å². The van der Waals surface area contributed by atoms with Gasteiger partial charge in [-0.3, -0.25) is 4.79 Å². The molecule has 1 heterocycles. The van der Waals surface area contributed by atoms with E-state index in [1.807, 2.05) is 0 Å². The third-order valence-corrected chi connectivity index (χ3v) is 3.50. The molecule has 1 aliphatic rings. The van der Waals surface area contributed by atoms with Crippen LogP contribution in [-0.4, -0.2) is 27.1 Å². The lowest BCUT2D eigenvalue weighted by molar-refractivity contribution is 0.0680. The fourth-order valence-electron chi connectivity index (χ4n) is 2.49. The molecule has 0 radical (unpaired) electrons. The van der Waals surface area contributed by atoms with Crippen molar-refractivity contribution in [2.24, 2.45) is 0 Å². The molecule has 1 unspecified atom stereocenters. The number of hydrogen-bond donors (Lipinski definition) is 3. The lowest BCUT2D eigenvalue weighted by atomic mass is 9.93. The molecule has 0 saturated heterocycles. The Bertz CT molecular complexity index is 763. The summed E-state index contributed by atoms with van der Waals surface area (Å²) in [4.78, 5) is 23.5. The zero-order valence-corrected chi connectivity index (χ0v) is 11.3. The Kier molecular flexibility index (Phi) is 3.21. The first-order valence-corrected chi connectivity index (χ1v) is 6.55. The van der Waals surface area contributed by atoms with Gasteiger partial charge in [-0.1, -0.05) is 12.1 Å². The summed E-state index contributed by atoms with van der Waals surface area (Å²) in [5.74, 6) is -1.80. The molecule has 0 amide bonds. The zero-order valence-electron chi connectivity index (χ0n) is 11.3. The first kappa shape index (κ1) is 13.9. The molecular weight excluding hydrogens is 288 g/mol. The van der Waals surface area contributed by atoms with E-state index >= 15 is 0 Å². The summed E-state index contributed by atoms with van der Waals surface area (Å²) in [6, 6.07) is 8.46. The Morgan fingerprint density at radius 2 is 1.77 bits per heavy atom. The zero-order chi connectivity index (χ0) is 15.9. The number of aromatic carboxylic acids is 1. The van der Waals surface area contributed by atoms with Crippen molar-refractivity contribution in [2.75, 3.05) is 0 Å². The molecule has 0 bridgehead atoms. The first-order chi connectivity index (χ1) is 10.5. The maximum absolute atomic E-state index is 12.3. The van der Waals surface area contributed by atoms with Gasteiger partial charge in [-0.15, -0.1) is 0 Å². The number of hydrogen-bond acceptors (Lipinski definition) is 5. The lowest BCUT2D eigenvalue weighted by Gasteiger charge is -2.26. The van der Waals surface area contributed by atoms with Gasteiger partial charge in [0.2, 0.25) is 0 Å². The second-order valence-electron chi connectivity index (χ2n) is 5.00. The highest BCUT2D eigenvalue weighted by Gasteiger charge is 2.32. The topological polar surface area (TPSA) is 104 Å². The van der Waals surface area contributed by atoms with Crippen molar-refractivity contribution in [3.63, 3.8) is 0 Å². The van der Waals surface area contributed by atoms with Crippen LogP contribution in [0.15, 0.2) is 36.4 Å². The first-order valence-electron chi connectivity index (χ1n) is 6.55. The van der Waals surface area contributed by atoms with Crippen molar-refractivity contribution in [1.29, 1.82) is 0 Å². The molecule has 0 fully saturated rings. The van der Waals surface area contributed by atoms with Gasteiger partial charge in [0.05, 0.1) is 17.5 Å². The number of Topliss-reactive ketones (excluding diaryl/α,β-unsaturated/α-hetero) is 1. The second kappa shape index (κ2) is 5.07. The summed E-state index contributed by atoms with van der Waals surface area (Å²) < 4.78 is 5.67. The number of phenols is 2. The van der Waals surface area contributed by atoms with Crippen LogP contribution in [0.25, 0.3) is 0 Å². The van der Waals surface area contributed by atoms with E-state index in [9.17, 15) is 19.8 Å². The number of ether oxygens (including phenoxy) is 1. The number of aromatic hydroxyl groups is 2. The normalized spacial score (nSPS) is 16.7. The summed E-state index contributed by atoms with van der Waals surface area (Å²) in [7, 11) is 0. The van der Waals surface area contributed by atoms with Crippen molar-refractivity contribution in [3.8, 4) is 17.2 Å². The number of rotatable bonds is 2. The van der Waals surface area contributed by atoms with Gasteiger partial charge < -0.3 is 20.1 Å². The summed E-state index contributed by atoms with van der Waals surface area (Å²) in [6.45, 7) is 0. The molecule has 2 aromatic rings. The third-order valence-electron chi connectivity index (χ3n) is 3.50. The Hall–Kier alpha value is -3.02. The van der Waals surface area contributed by atoms with Gasteiger partial charge in [-0.05, 0) is 23.8 Å². The number of carbonyl (C=O) groups is 2. The number of phenolic OH excluding ortho intramolecular Hbond substituents is 2. The standard InChI is InChI=1S/C16H12O6/c17-9-3-1-8(2-4-9)13-7-12(19)15-11(16(20)21)5-10(18)6-14(15)22-13/h1-6,13,17-18H,7H2,(H,20,21). The number of ketones is 1. The highest BCUT2D eigenvalue weighted by Crippen LogP contribution is 2.39. The fraction of sp³-hybridized carbons (Fsp3) is 0.125. The van der Waals surface area contributed by atoms with Crippen LogP contribution in [0.1, 0.15) is 38.8 Å². The van der Waals surface area contributed by atoms with E-state index in [2.05, 4.69) is 0 Å². The maximum atomic E-state index is 12.3. The quantitative estimate of drug-likeness (QED) is 0.787. The summed E-state index contributed by atoms with van der Waals surface area (Å²) in [5.41, 5.74) is 0.376. The SMILES string of the molecule is O=C(O)c1cc(O)cc2c1C(=O)CC(c1ccc(O)cc1)O2. The van der Waals surface area contributed by atoms with E-state index in [0.717, 1.165) is 6.07 Å². The fourth-order valence-corrected chi connectivity index (χ4v) is 2.49. The summed E-state index contributed by atoms with van der Waals surface area (Å²) in [6.07, 6.45) is -0.605. The summed E-state index contributed by atoms with van der Waals surface area (Å²) >= 11 is 0. The Labute approximate surface area is 125 Å². The highest BCUT2D eigenvalue weighted by atomic mass is 16.5. The number of carbonyl (C=O) groups excluding carboxylic acids is 1. The van der Waals surface area contributed by atoms with Crippen molar-refractivity contribution >= 4 is 11.8 Å². The average Bonchev–Trinajstić information content (AvgIpc) is 2.46. The Balaban J connectivity index is 2.04. The van der Waals surface area contributed by atoms with E-state index < -0.39 is 12.1 Å². The molecule has 2 aromatic carbocycles. The predicted octanol–water partition coefficient (Wildman–Crippen LogP) is 2.50. The van der Waals surface area contributed by atoms with Gasteiger partial charge in [-0.2, -0.15) is 0 Å². The molecule has 22 heavy (non-hydrogen) atoms. The van der Waals surface area contributed by atoms with E-state index in [4.69, 9.17) is 9.84 Å². The monoisotopic (exact) mass is 300 g/mol. The molecule has 6 heteroatoms. The van der Waals surface area contributed by atoms with Gasteiger partial charge in [0, 0.05) is 6.07 Å². The Morgan fingerprint density at radius 1 is 1.09 bits per heavy atom. The van der Waals surface area contributed by atoms with Gasteiger partial charge in [0.1, 0.15) is 23.4 Å².